The molecule has 1 aliphatic rings. The van der Waals surface area contributed by atoms with Crippen LogP contribution >= 0.6 is 15.9 Å². The first-order valence-corrected chi connectivity index (χ1v) is 7.70. The number of benzene rings is 1. The van der Waals surface area contributed by atoms with Crippen LogP contribution < -0.4 is 10.1 Å². The van der Waals surface area contributed by atoms with Gasteiger partial charge < -0.3 is 19.9 Å². The molecule has 0 spiro atoms. The molecular weight excluding hydrogens is 322 g/mol. The first-order chi connectivity index (χ1) is 9.54. The summed E-state index contributed by atoms with van der Waals surface area (Å²) in [4.78, 5) is 0. The number of ether oxygens (including phenoxy) is 2. The Morgan fingerprint density at radius 1 is 1.45 bits per heavy atom. The summed E-state index contributed by atoms with van der Waals surface area (Å²) in [5.74, 6) is 0.823. The zero-order valence-corrected chi connectivity index (χ0v) is 13.6. The van der Waals surface area contributed by atoms with Crippen LogP contribution in [0.5, 0.6) is 5.75 Å². The van der Waals surface area contributed by atoms with Crippen LogP contribution in [0.3, 0.4) is 0 Å². The molecule has 1 aromatic carbocycles. The van der Waals surface area contributed by atoms with Crippen LogP contribution in [0.1, 0.15) is 31.4 Å². The van der Waals surface area contributed by atoms with Gasteiger partial charge in [0.05, 0.1) is 17.2 Å². The molecule has 1 aliphatic heterocycles. The average molecular weight is 344 g/mol. The van der Waals surface area contributed by atoms with Crippen molar-refractivity contribution in [3.63, 3.8) is 0 Å². The molecule has 1 unspecified atom stereocenters. The Balaban J connectivity index is 1.94. The predicted molar refractivity (Wildman–Crippen MR) is 82.1 cm³/mol. The lowest BCUT2D eigenvalue weighted by atomic mass is 9.94. The van der Waals surface area contributed by atoms with Gasteiger partial charge in [0, 0.05) is 38.6 Å². The van der Waals surface area contributed by atoms with Gasteiger partial charge in [0.25, 0.3) is 0 Å². The van der Waals surface area contributed by atoms with Gasteiger partial charge in [0.2, 0.25) is 0 Å². The molecule has 0 aromatic heterocycles. The van der Waals surface area contributed by atoms with Gasteiger partial charge in [-0.3, -0.25) is 0 Å². The molecule has 1 aromatic rings. The molecule has 1 saturated heterocycles. The Labute approximate surface area is 128 Å². The van der Waals surface area contributed by atoms with Gasteiger partial charge in [-0.2, -0.15) is 0 Å². The third kappa shape index (κ3) is 3.95. The molecule has 0 amide bonds. The number of nitrogens with one attached hydrogen (secondary N) is 1. The molecule has 0 radical (unpaired) electrons. The number of hydrogen-bond donors (Lipinski definition) is 2. The maximum atomic E-state index is 10.4. The Morgan fingerprint density at radius 2 is 2.15 bits per heavy atom. The minimum absolute atomic E-state index is 0.170. The summed E-state index contributed by atoms with van der Waals surface area (Å²) >= 11 is 3.50. The summed E-state index contributed by atoms with van der Waals surface area (Å²) in [6, 6.07) is 6.20. The van der Waals surface area contributed by atoms with E-state index in [0.717, 1.165) is 15.8 Å². The maximum absolute atomic E-state index is 10.4. The zero-order chi connectivity index (χ0) is 14.6. The molecule has 4 nitrogen and oxygen atoms in total. The minimum atomic E-state index is -0.643. The monoisotopic (exact) mass is 343 g/mol. The van der Waals surface area contributed by atoms with Crippen molar-refractivity contribution >= 4 is 15.9 Å². The van der Waals surface area contributed by atoms with Gasteiger partial charge in [-0.15, -0.1) is 0 Å². The van der Waals surface area contributed by atoms with E-state index in [4.69, 9.17) is 9.47 Å². The number of hydrogen-bond acceptors (Lipinski definition) is 4. The van der Waals surface area contributed by atoms with E-state index < -0.39 is 5.60 Å². The molecule has 1 heterocycles. The van der Waals surface area contributed by atoms with Crippen LogP contribution in [0.15, 0.2) is 22.7 Å². The Morgan fingerprint density at radius 3 is 2.75 bits per heavy atom. The first-order valence-electron chi connectivity index (χ1n) is 6.91. The van der Waals surface area contributed by atoms with Gasteiger partial charge in [-0.1, -0.05) is 6.07 Å². The second-order valence-corrected chi connectivity index (χ2v) is 6.19. The van der Waals surface area contributed by atoms with Crippen LogP contribution in [0, 0.1) is 0 Å². The molecule has 1 atom stereocenters. The van der Waals surface area contributed by atoms with E-state index in [2.05, 4.69) is 28.2 Å². The molecule has 5 heteroatoms. The summed E-state index contributed by atoms with van der Waals surface area (Å²) < 4.78 is 11.5. The standard InChI is InChI=1S/C15H22BrNO3/c1-11(12-3-4-14(19-2)13(16)9-12)17-10-15(18)5-7-20-8-6-15/h3-4,9,11,17-18H,5-8,10H2,1-2H3. The van der Waals surface area contributed by atoms with E-state index in [9.17, 15) is 5.11 Å². The fourth-order valence-electron chi connectivity index (χ4n) is 2.34. The van der Waals surface area contributed by atoms with E-state index in [1.807, 2.05) is 18.2 Å². The molecule has 2 N–H and O–H groups in total. The van der Waals surface area contributed by atoms with Gasteiger partial charge >= 0.3 is 0 Å². The zero-order valence-electron chi connectivity index (χ0n) is 12.0. The number of methoxy groups -OCH3 is 1. The largest absolute Gasteiger partial charge is 0.496 e. The predicted octanol–water partition coefficient (Wildman–Crippen LogP) is 2.65. The molecule has 0 bridgehead atoms. The Hall–Kier alpha value is -0.620. The van der Waals surface area contributed by atoms with E-state index in [1.54, 1.807) is 7.11 Å². The normalized spacial score (nSPS) is 19.6. The van der Waals surface area contributed by atoms with Crippen molar-refractivity contribution in [3.8, 4) is 5.75 Å². The number of aliphatic hydroxyl groups is 1. The van der Waals surface area contributed by atoms with Crippen LogP contribution in [0.2, 0.25) is 0 Å². The summed E-state index contributed by atoms with van der Waals surface area (Å²) in [6.45, 7) is 3.96. The summed E-state index contributed by atoms with van der Waals surface area (Å²) in [5, 5.41) is 13.8. The topological polar surface area (TPSA) is 50.7 Å². The average Bonchev–Trinajstić information content (AvgIpc) is 2.45. The lowest BCUT2D eigenvalue weighted by molar-refractivity contribution is -0.0626. The van der Waals surface area contributed by atoms with Crippen molar-refractivity contribution in [1.82, 2.24) is 5.32 Å². The van der Waals surface area contributed by atoms with E-state index in [0.29, 0.717) is 32.6 Å². The smallest absolute Gasteiger partial charge is 0.133 e. The van der Waals surface area contributed by atoms with E-state index in [-0.39, 0.29) is 6.04 Å². The molecule has 1 fully saturated rings. The fraction of sp³-hybridized carbons (Fsp3) is 0.600. The van der Waals surface area contributed by atoms with Crippen LogP contribution in [-0.4, -0.2) is 37.6 Å². The summed E-state index contributed by atoms with van der Waals surface area (Å²) in [5.41, 5.74) is 0.518. The highest BCUT2D eigenvalue weighted by Crippen LogP contribution is 2.28. The van der Waals surface area contributed by atoms with Crippen molar-refractivity contribution in [2.75, 3.05) is 26.9 Å². The van der Waals surface area contributed by atoms with Crippen molar-refractivity contribution in [3.05, 3.63) is 28.2 Å². The lowest BCUT2D eigenvalue weighted by Crippen LogP contribution is -2.45. The van der Waals surface area contributed by atoms with Gasteiger partial charge in [0.15, 0.2) is 0 Å². The van der Waals surface area contributed by atoms with Crippen LogP contribution in [0.4, 0.5) is 0 Å². The molecule has 0 saturated carbocycles. The van der Waals surface area contributed by atoms with E-state index >= 15 is 0 Å². The fourth-order valence-corrected chi connectivity index (χ4v) is 2.90. The van der Waals surface area contributed by atoms with Gasteiger partial charge in [-0.05, 0) is 40.5 Å². The Bertz CT molecular complexity index is 447. The molecule has 112 valence electrons. The first kappa shape index (κ1) is 15.8. The van der Waals surface area contributed by atoms with Crippen LogP contribution in [0.25, 0.3) is 0 Å². The van der Waals surface area contributed by atoms with Crippen LogP contribution in [-0.2, 0) is 4.74 Å². The van der Waals surface area contributed by atoms with E-state index in [1.165, 1.54) is 0 Å². The highest BCUT2D eigenvalue weighted by molar-refractivity contribution is 9.10. The summed E-state index contributed by atoms with van der Waals surface area (Å²) in [6.07, 6.45) is 1.39. The molecule has 20 heavy (non-hydrogen) atoms. The molecule has 2 rings (SSSR count). The maximum Gasteiger partial charge on any atom is 0.133 e. The highest BCUT2D eigenvalue weighted by atomic mass is 79.9. The third-order valence-electron chi connectivity index (χ3n) is 3.84. The van der Waals surface area contributed by atoms with Crippen molar-refractivity contribution in [2.45, 2.75) is 31.4 Å². The molecular formula is C15H22BrNO3. The van der Waals surface area contributed by atoms with Crippen molar-refractivity contribution in [2.24, 2.45) is 0 Å². The number of rotatable bonds is 5. The summed E-state index contributed by atoms with van der Waals surface area (Å²) in [7, 11) is 1.65. The third-order valence-corrected chi connectivity index (χ3v) is 4.46. The van der Waals surface area contributed by atoms with Crippen molar-refractivity contribution < 1.29 is 14.6 Å². The van der Waals surface area contributed by atoms with Gasteiger partial charge in [-0.25, -0.2) is 0 Å². The van der Waals surface area contributed by atoms with Crippen molar-refractivity contribution in [1.29, 1.82) is 0 Å². The highest BCUT2D eigenvalue weighted by Gasteiger charge is 2.29. The quantitative estimate of drug-likeness (QED) is 0.862. The second-order valence-electron chi connectivity index (χ2n) is 5.33. The number of halogens is 1. The SMILES string of the molecule is COc1ccc(C(C)NCC2(O)CCOCC2)cc1Br. The minimum Gasteiger partial charge on any atom is -0.496 e. The Kier molecular flexibility index (Phi) is 5.43. The molecule has 0 aliphatic carbocycles. The lowest BCUT2D eigenvalue weighted by Gasteiger charge is -2.33. The van der Waals surface area contributed by atoms with Gasteiger partial charge in [0.1, 0.15) is 5.75 Å². The second kappa shape index (κ2) is 6.89.